The third kappa shape index (κ3) is 2.00. The summed E-state index contributed by atoms with van der Waals surface area (Å²) in [7, 11) is 0. The summed E-state index contributed by atoms with van der Waals surface area (Å²) >= 11 is 0. The molecule has 0 unspecified atom stereocenters. The van der Waals surface area contributed by atoms with Crippen LogP contribution < -0.4 is 5.73 Å². The first-order valence-corrected chi connectivity index (χ1v) is 5.63. The van der Waals surface area contributed by atoms with E-state index in [0.29, 0.717) is 17.9 Å². The normalized spacial score (nSPS) is 10.2. The van der Waals surface area contributed by atoms with Gasteiger partial charge in [0, 0.05) is 17.6 Å². The molecule has 0 spiro atoms. The van der Waals surface area contributed by atoms with Gasteiger partial charge >= 0.3 is 0 Å². The molecule has 0 saturated heterocycles. The lowest BCUT2D eigenvalue weighted by atomic mass is 10.1. The van der Waals surface area contributed by atoms with Crippen molar-refractivity contribution < 1.29 is 4.79 Å². The predicted molar refractivity (Wildman–Crippen MR) is 70.9 cm³/mol. The number of fused-ring (bicyclic) bond motifs is 1. The lowest BCUT2D eigenvalue weighted by Crippen LogP contribution is -2.31. The first kappa shape index (κ1) is 12.0. The van der Waals surface area contributed by atoms with Crippen LogP contribution in [0.25, 0.3) is 10.9 Å². The van der Waals surface area contributed by atoms with Crippen molar-refractivity contribution in [3.8, 4) is 12.3 Å². The molecule has 1 aromatic carbocycles. The molecule has 2 rings (SSSR count). The smallest absolute Gasteiger partial charge is 0.275 e. The second-order valence-corrected chi connectivity index (χ2v) is 3.90. The van der Waals surface area contributed by atoms with Gasteiger partial charge < -0.3 is 10.6 Å². The number of nitrogens with one attached hydrogen (secondary N) is 1. The molecule has 92 valence electrons. The minimum atomic E-state index is -0.188. The van der Waals surface area contributed by atoms with Gasteiger partial charge in [0.25, 0.3) is 5.91 Å². The molecule has 0 aliphatic carbocycles. The Morgan fingerprint density at radius 2 is 2.39 bits per heavy atom. The Morgan fingerprint density at radius 1 is 1.61 bits per heavy atom. The summed E-state index contributed by atoms with van der Waals surface area (Å²) in [5.74, 6) is 2.28. The summed E-state index contributed by atoms with van der Waals surface area (Å²) in [6.07, 6.45) is 5.24. The Labute approximate surface area is 105 Å². The highest BCUT2D eigenvalue weighted by atomic mass is 16.2. The molecule has 5 heteroatoms. The van der Waals surface area contributed by atoms with Gasteiger partial charge in [-0.3, -0.25) is 9.89 Å². The summed E-state index contributed by atoms with van der Waals surface area (Å²) in [5.41, 5.74) is 7.45. The van der Waals surface area contributed by atoms with Gasteiger partial charge in [0.05, 0.1) is 12.1 Å². The fourth-order valence-electron chi connectivity index (χ4n) is 1.78. The van der Waals surface area contributed by atoms with E-state index in [0.717, 1.165) is 10.9 Å². The van der Waals surface area contributed by atoms with E-state index in [-0.39, 0.29) is 12.5 Å². The molecule has 0 aliphatic heterocycles. The molecule has 0 radical (unpaired) electrons. The Balaban J connectivity index is 2.44. The molecule has 3 N–H and O–H groups in total. The Morgan fingerprint density at radius 3 is 3.06 bits per heavy atom. The van der Waals surface area contributed by atoms with Crippen LogP contribution in [-0.2, 0) is 0 Å². The van der Waals surface area contributed by atoms with Crippen molar-refractivity contribution in [1.82, 2.24) is 15.1 Å². The van der Waals surface area contributed by atoms with Crippen molar-refractivity contribution in [3.05, 3.63) is 23.9 Å². The summed E-state index contributed by atoms with van der Waals surface area (Å²) < 4.78 is 0. The zero-order chi connectivity index (χ0) is 13.1. The molecule has 1 amide bonds. The molecule has 0 atom stereocenters. The molecule has 0 bridgehead atoms. The molecule has 0 aliphatic rings. The van der Waals surface area contributed by atoms with Crippen LogP contribution in [-0.4, -0.2) is 34.1 Å². The number of hydrogen-bond acceptors (Lipinski definition) is 3. The fourth-order valence-corrected chi connectivity index (χ4v) is 1.78. The van der Waals surface area contributed by atoms with Crippen LogP contribution in [0, 0.1) is 12.3 Å². The second-order valence-electron chi connectivity index (χ2n) is 3.90. The number of aromatic amines is 1. The van der Waals surface area contributed by atoms with E-state index in [9.17, 15) is 4.79 Å². The van der Waals surface area contributed by atoms with Crippen molar-refractivity contribution in [3.63, 3.8) is 0 Å². The third-order valence-electron chi connectivity index (χ3n) is 2.74. The average molecular weight is 242 g/mol. The first-order valence-electron chi connectivity index (χ1n) is 5.63. The first-order chi connectivity index (χ1) is 8.67. The van der Waals surface area contributed by atoms with E-state index in [2.05, 4.69) is 16.1 Å². The SMILES string of the molecule is C#CCN(CC)C(=O)c1n[nH]c2ccc(N)cc12. The lowest BCUT2D eigenvalue weighted by molar-refractivity contribution is 0.0781. The number of nitrogen functional groups attached to an aromatic ring is 1. The topological polar surface area (TPSA) is 75.0 Å². The van der Waals surface area contributed by atoms with Crippen molar-refractivity contribution in [2.45, 2.75) is 6.92 Å². The zero-order valence-corrected chi connectivity index (χ0v) is 10.1. The number of amides is 1. The van der Waals surface area contributed by atoms with Crippen LogP contribution in [0.15, 0.2) is 18.2 Å². The van der Waals surface area contributed by atoms with Gasteiger partial charge in [0.2, 0.25) is 0 Å². The van der Waals surface area contributed by atoms with E-state index in [1.54, 1.807) is 23.1 Å². The highest BCUT2D eigenvalue weighted by Crippen LogP contribution is 2.20. The monoisotopic (exact) mass is 242 g/mol. The summed E-state index contributed by atoms with van der Waals surface area (Å²) in [4.78, 5) is 13.8. The summed E-state index contributed by atoms with van der Waals surface area (Å²) in [5, 5.41) is 7.58. The van der Waals surface area contributed by atoms with Crippen LogP contribution in [0.2, 0.25) is 0 Å². The molecule has 2 aromatic rings. The number of benzene rings is 1. The van der Waals surface area contributed by atoms with Gasteiger partial charge in [-0.05, 0) is 25.1 Å². The van der Waals surface area contributed by atoms with Crippen LogP contribution in [0.1, 0.15) is 17.4 Å². The average Bonchev–Trinajstić information content (AvgIpc) is 2.78. The number of H-pyrrole nitrogens is 1. The van der Waals surface area contributed by atoms with E-state index >= 15 is 0 Å². The van der Waals surface area contributed by atoms with Crippen LogP contribution in [0.4, 0.5) is 5.69 Å². The fraction of sp³-hybridized carbons (Fsp3) is 0.231. The highest BCUT2D eigenvalue weighted by Gasteiger charge is 2.19. The largest absolute Gasteiger partial charge is 0.399 e. The quantitative estimate of drug-likeness (QED) is 0.628. The number of carbonyl (C=O) groups is 1. The Hall–Kier alpha value is -2.48. The molecule has 18 heavy (non-hydrogen) atoms. The van der Waals surface area contributed by atoms with Gasteiger partial charge in [-0.25, -0.2) is 0 Å². The maximum atomic E-state index is 12.3. The Bertz CT molecular complexity index is 623. The lowest BCUT2D eigenvalue weighted by Gasteiger charge is -2.16. The maximum Gasteiger partial charge on any atom is 0.275 e. The highest BCUT2D eigenvalue weighted by molar-refractivity contribution is 6.05. The predicted octanol–water partition coefficient (Wildman–Crippen LogP) is 1.24. The van der Waals surface area contributed by atoms with Gasteiger partial charge in [-0.2, -0.15) is 5.10 Å². The number of rotatable bonds is 3. The molecule has 1 aromatic heterocycles. The number of hydrogen-bond donors (Lipinski definition) is 2. The summed E-state index contributed by atoms with van der Waals surface area (Å²) in [6.45, 7) is 2.68. The van der Waals surface area contributed by atoms with E-state index in [1.165, 1.54) is 0 Å². The van der Waals surface area contributed by atoms with Crippen molar-refractivity contribution in [1.29, 1.82) is 0 Å². The number of anilines is 1. The van der Waals surface area contributed by atoms with E-state index in [1.807, 2.05) is 6.92 Å². The number of terminal acetylenes is 1. The van der Waals surface area contributed by atoms with Gasteiger partial charge in [-0.1, -0.05) is 5.92 Å². The number of nitrogens with zero attached hydrogens (tertiary/aromatic N) is 2. The van der Waals surface area contributed by atoms with Crippen molar-refractivity contribution >= 4 is 22.5 Å². The van der Waals surface area contributed by atoms with Gasteiger partial charge in [0.1, 0.15) is 0 Å². The molecule has 0 fully saturated rings. The van der Waals surface area contributed by atoms with Crippen LogP contribution >= 0.6 is 0 Å². The second kappa shape index (κ2) is 4.80. The van der Waals surface area contributed by atoms with Crippen LogP contribution in [0.3, 0.4) is 0 Å². The molecular formula is C13H14N4O. The Kier molecular flexibility index (Phi) is 3.20. The number of carbonyl (C=O) groups excluding carboxylic acids is 1. The van der Waals surface area contributed by atoms with E-state index < -0.39 is 0 Å². The summed E-state index contributed by atoms with van der Waals surface area (Å²) in [6, 6.07) is 5.29. The standard InChI is InChI=1S/C13H14N4O/c1-3-7-17(4-2)13(18)12-10-8-9(14)5-6-11(10)15-16-12/h1,5-6,8H,4,7,14H2,2H3,(H,15,16). The van der Waals surface area contributed by atoms with Crippen molar-refractivity contribution in [2.24, 2.45) is 0 Å². The van der Waals surface area contributed by atoms with Gasteiger partial charge in [0.15, 0.2) is 5.69 Å². The molecule has 1 heterocycles. The molecule has 5 nitrogen and oxygen atoms in total. The van der Waals surface area contributed by atoms with Crippen LogP contribution in [0.5, 0.6) is 0 Å². The van der Waals surface area contributed by atoms with E-state index in [4.69, 9.17) is 12.2 Å². The minimum Gasteiger partial charge on any atom is -0.399 e. The maximum absolute atomic E-state index is 12.3. The minimum absolute atomic E-state index is 0.188. The van der Waals surface area contributed by atoms with Crippen molar-refractivity contribution in [2.75, 3.05) is 18.8 Å². The number of aromatic nitrogens is 2. The molecular weight excluding hydrogens is 228 g/mol. The van der Waals surface area contributed by atoms with Gasteiger partial charge in [-0.15, -0.1) is 6.42 Å². The third-order valence-corrected chi connectivity index (χ3v) is 2.74. The zero-order valence-electron chi connectivity index (χ0n) is 10.1. The molecule has 0 saturated carbocycles. The number of nitrogens with two attached hydrogens (primary N) is 1.